The Bertz CT molecular complexity index is 1070. The Hall–Kier alpha value is -3.00. The number of nitrogens with zero attached hydrogens (tertiary/aromatic N) is 4. The Morgan fingerprint density at radius 2 is 1.81 bits per heavy atom. The van der Waals surface area contributed by atoms with Crippen molar-refractivity contribution in [3.63, 3.8) is 0 Å². The zero-order chi connectivity index (χ0) is 21.8. The van der Waals surface area contributed by atoms with Gasteiger partial charge in [-0.15, -0.1) is 10.2 Å². The molecule has 0 bridgehead atoms. The molecule has 2 aromatic carbocycles. The van der Waals surface area contributed by atoms with Crippen LogP contribution in [0.25, 0.3) is 5.69 Å². The summed E-state index contributed by atoms with van der Waals surface area (Å²) in [5.74, 6) is 1.98. The molecule has 1 atom stereocenters. The van der Waals surface area contributed by atoms with Crippen molar-refractivity contribution in [3.8, 4) is 11.4 Å². The molecule has 3 aromatic rings. The van der Waals surface area contributed by atoms with Gasteiger partial charge in [-0.05, 0) is 37.5 Å². The van der Waals surface area contributed by atoms with Gasteiger partial charge in [0.25, 0.3) is 0 Å². The van der Waals surface area contributed by atoms with Gasteiger partial charge >= 0.3 is 0 Å². The van der Waals surface area contributed by atoms with Crippen molar-refractivity contribution in [2.24, 2.45) is 0 Å². The van der Waals surface area contributed by atoms with E-state index < -0.39 is 0 Å². The van der Waals surface area contributed by atoms with Crippen LogP contribution >= 0.6 is 11.8 Å². The first-order valence-electron chi connectivity index (χ1n) is 11.2. The number of hydrogen-bond acceptors (Lipinski definition) is 6. The number of rotatable bonds is 6. The SMILES string of the molecule is O=C(CSc1nnc(N2CCCCC2)n1-c1ccccc1)NC1CCOc2ccccc21. The summed E-state index contributed by atoms with van der Waals surface area (Å²) in [4.78, 5) is 15.1. The molecule has 7 nitrogen and oxygen atoms in total. The number of ether oxygens (including phenoxy) is 1. The second kappa shape index (κ2) is 9.65. The minimum atomic E-state index is -0.0241. The zero-order valence-electron chi connectivity index (χ0n) is 17.9. The second-order valence-electron chi connectivity index (χ2n) is 8.08. The lowest BCUT2D eigenvalue weighted by Gasteiger charge is -2.28. The molecule has 3 heterocycles. The molecular weight excluding hydrogens is 422 g/mol. The summed E-state index contributed by atoms with van der Waals surface area (Å²) in [6, 6.07) is 18.0. The Labute approximate surface area is 192 Å². The molecule has 1 amide bonds. The van der Waals surface area contributed by atoms with Crippen molar-refractivity contribution in [2.75, 3.05) is 30.3 Å². The maximum absolute atomic E-state index is 12.8. The first-order chi connectivity index (χ1) is 15.8. The van der Waals surface area contributed by atoms with Crippen molar-refractivity contribution in [1.82, 2.24) is 20.1 Å². The summed E-state index contributed by atoms with van der Waals surface area (Å²) < 4.78 is 7.78. The Morgan fingerprint density at radius 1 is 1.03 bits per heavy atom. The molecule has 0 spiro atoms. The lowest BCUT2D eigenvalue weighted by atomic mass is 10.0. The van der Waals surface area contributed by atoms with E-state index in [9.17, 15) is 4.79 Å². The fourth-order valence-electron chi connectivity index (χ4n) is 4.32. The summed E-state index contributed by atoms with van der Waals surface area (Å²) in [6.45, 7) is 2.58. The topological polar surface area (TPSA) is 72.3 Å². The van der Waals surface area contributed by atoms with Gasteiger partial charge in [-0.25, -0.2) is 0 Å². The highest BCUT2D eigenvalue weighted by atomic mass is 32.2. The van der Waals surface area contributed by atoms with Crippen molar-refractivity contribution in [1.29, 1.82) is 0 Å². The Kier molecular flexibility index (Phi) is 6.29. The van der Waals surface area contributed by atoms with Gasteiger partial charge in [-0.2, -0.15) is 0 Å². The lowest BCUT2D eigenvalue weighted by Crippen LogP contribution is -2.33. The molecule has 32 heavy (non-hydrogen) atoms. The highest BCUT2D eigenvalue weighted by molar-refractivity contribution is 7.99. The number of carbonyl (C=O) groups excluding carboxylic acids is 1. The van der Waals surface area contributed by atoms with Gasteiger partial charge in [0.15, 0.2) is 5.16 Å². The third-order valence-corrected chi connectivity index (χ3v) is 6.82. The van der Waals surface area contributed by atoms with Crippen molar-refractivity contribution < 1.29 is 9.53 Å². The highest BCUT2D eigenvalue weighted by Crippen LogP contribution is 2.32. The molecular formula is C24H27N5O2S. The fourth-order valence-corrected chi connectivity index (χ4v) is 5.07. The summed E-state index contributed by atoms with van der Waals surface area (Å²) in [5.41, 5.74) is 2.05. The minimum Gasteiger partial charge on any atom is -0.493 e. The number of amides is 1. The van der Waals surface area contributed by atoms with Crippen LogP contribution in [0.15, 0.2) is 59.8 Å². The number of thioether (sulfide) groups is 1. The van der Waals surface area contributed by atoms with E-state index in [0.29, 0.717) is 6.61 Å². The summed E-state index contributed by atoms with van der Waals surface area (Å²) in [5, 5.41) is 12.9. The number of piperidine rings is 1. The standard InChI is InChI=1S/C24H27N5O2S/c30-22(25-20-13-16-31-21-12-6-5-11-19(20)21)17-32-24-27-26-23(28-14-7-2-8-15-28)29(24)18-9-3-1-4-10-18/h1,3-6,9-12,20H,2,7-8,13-17H2,(H,25,30). The average Bonchev–Trinajstić information content (AvgIpc) is 3.28. The number of hydrogen-bond donors (Lipinski definition) is 1. The Morgan fingerprint density at radius 3 is 2.66 bits per heavy atom. The molecule has 166 valence electrons. The molecule has 1 N–H and O–H groups in total. The van der Waals surface area contributed by atoms with Crippen LogP contribution in [0.3, 0.4) is 0 Å². The van der Waals surface area contributed by atoms with Gasteiger partial charge in [-0.1, -0.05) is 48.2 Å². The lowest BCUT2D eigenvalue weighted by molar-refractivity contribution is -0.119. The van der Waals surface area contributed by atoms with Crippen LogP contribution in [0.4, 0.5) is 5.95 Å². The van der Waals surface area contributed by atoms with Crippen molar-refractivity contribution in [3.05, 3.63) is 60.2 Å². The molecule has 8 heteroatoms. The second-order valence-corrected chi connectivity index (χ2v) is 9.03. The smallest absolute Gasteiger partial charge is 0.232 e. The molecule has 1 aromatic heterocycles. The molecule has 1 saturated heterocycles. The average molecular weight is 450 g/mol. The van der Waals surface area contributed by atoms with Gasteiger partial charge in [0.05, 0.1) is 24.1 Å². The van der Waals surface area contributed by atoms with E-state index in [1.807, 2.05) is 42.5 Å². The van der Waals surface area contributed by atoms with Gasteiger partial charge in [-0.3, -0.25) is 9.36 Å². The maximum Gasteiger partial charge on any atom is 0.232 e. The van der Waals surface area contributed by atoms with E-state index in [1.54, 1.807) is 0 Å². The first kappa shape index (κ1) is 20.9. The van der Waals surface area contributed by atoms with E-state index in [4.69, 9.17) is 4.74 Å². The van der Waals surface area contributed by atoms with Gasteiger partial charge in [0.1, 0.15) is 5.75 Å². The monoisotopic (exact) mass is 449 g/mol. The van der Waals surface area contributed by atoms with E-state index in [1.165, 1.54) is 31.0 Å². The number of nitrogens with one attached hydrogen (secondary N) is 1. The summed E-state index contributed by atoms with van der Waals surface area (Å²) in [6.07, 6.45) is 4.36. The first-order valence-corrected chi connectivity index (χ1v) is 12.2. The largest absolute Gasteiger partial charge is 0.493 e. The van der Waals surface area contributed by atoms with E-state index in [-0.39, 0.29) is 17.7 Å². The van der Waals surface area contributed by atoms with Crippen LogP contribution in [-0.2, 0) is 4.79 Å². The molecule has 2 aliphatic heterocycles. The fraction of sp³-hybridized carbons (Fsp3) is 0.375. The van der Waals surface area contributed by atoms with Crippen LogP contribution in [0.1, 0.15) is 37.3 Å². The number of anilines is 1. The maximum atomic E-state index is 12.8. The van der Waals surface area contributed by atoms with E-state index >= 15 is 0 Å². The molecule has 2 aliphatic rings. The van der Waals surface area contributed by atoms with Crippen LogP contribution in [0.2, 0.25) is 0 Å². The number of fused-ring (bicyclic) bond motifs is 1. The number of aromatic nitrogens is 3. The van der Waals surface area contributed by atoms with Crippen LogP contribution in [0, 0.1) is 0 Å². The molecule has 0 saturated carbocycles. The van der Waals surface area contributed by atoms with Gasteiger partial charge < -0.3 is 15.0 Å². The van der Waals surface area contributed by atoms with Gasteiger partial charge in [0.2, 0.25) is 11.9 Å². The third-order valence-electron chi connectivity index (χ3n) is 5.90. The number of para-hydroxylation sites is 2. The number of benzene rings is 2. The third kappa shape index (κ3) is 4.46. The quantitative estimate of drug-likeness (QED) is 0.574. The van der Waals surface area contributed by atoms with Crippen molar-refractivity contribution in [2.45, 2.75) is 36.9 Å². The van der Waals surface area contributed by atoms with Crippen LogP contribution in [0.5, 0.6) is 5.75 Å². The predicted octanol–water partition coefficient (Wildman–Crippen LogP) is 3.99. The molecule has 1 unspecified atom stereocenters. The Balaban J connectivity index is 1.31. The molecule has 5 rings (SSSR count). The number of carbonyl (C=O) groups is 1. The molecule has 0 aliphatic carbocycles. The highest BCUT2D eigenvalue weighted by Gasteiger charge is 2.24. The van der Waals surface area contributed by atoms with E-state index in [0.717, 1.165) is 47.6 Å². The normalized spacial score (nSPS) is 18.0. The van der Waals surface area contributed by atoms with Crippen molar-refractivity contribution >= 4 is 23.6 Å². The minimum absolute atomic E-state index is 0.0150. The summed E-state index contributed by atoms with van der Waals surface area (Å²) >= 11 is 1.42. The predicted molar refractivity (Wildman–Crippen MR) is 126 cm³/mol. The zero-order valence-corrected chi connectivity index (χ0v) is 18.8. The molecule has 0 radical (unpaired) electrons. The summed E-state index contributed by atoms with van der Waals surface area (Å²) in [7, 11) is 0. The molecule has 1 fully saturated rings. The van der Waals surface area contributed by atoms with Crippen LogP contribution in [-0.4, -0.2) is 46.1 Å². The van der Waals surface area contributed by atoms with Crippen LogP contribution < -0.4 is 15.0 Å². The van der Waals surface area contributed by atoms with Gasteiger partial charge in [0, 0.05) is 25.1 Å². The van der Waals surface area contributed by atoms with E-state index in [2.05, 4.69) is 37.1 Å².